The molecular formula is C27H33F2NO4S. The van der Waals surface area contributed by atoms with Crippen LogP contribution in [-0.2, 0) is 16.0 Å². The monoisotopic (exact) mass is 505 g/mol. The van der Waals surface area contributed by atoms with E-state index in [-0.39, 0.29) is 18.4 Å². The highest BCUT2D eigenvalue weighted by molar-refractivity contribution is 7.13. The van der Waals surface area contributed by atoms with E-state index in [1.54, 1.807) is 18.2 Å². The van der Waals surface area contributed by atoms with Gasteiger partial charge in [-0.05, 0) is 48.8 Å². The van der Waals surface area contributed by atoms with Crippen LogP contribution >= 0.6 is 11.3 Å². The zero-order valence-electron chi connectivity index (χ0n) is 20.3. The van der Waals surface area contributed by atoms with Crippen molar-refractivity contribution in [2.24, 2.45) is 5.92 Å². The molecule has 2 heterocycles. The molecule has 1 fully saturated rings. The molecule has 0 bridgehead atoms. The number of thiophene rings is 1. The second-order valence-corrected chi connectivity index (χ2v) is 10.4. The molecule has 4 atom stereocenters. The van der Waals surface area contributed by atoms with Gasteiger partial charge in [0.15, 0.2) is 0 Å². The van der Waals surface area contributed by atoms with Gasteiger partial charge in [-0.3, -0.25) is 4.79 Å². The quantitative estimate of drug-likeness (QED) is 0.326. The summed E-state index contributed by atoms with van der Waals surface area (Å²) in [7, 11) is 1.32. The summed E-state index contributed by atoms with van der Waals surface area (Å²) in [4.78, 5) is 26.5. The summed E-state index contributed by atoms with van der Waals surface area (Å²) in [6.07, 6.45) is 3.51. The van der Waals surface area contributed by atoms with Gasteiger partial charge in [-0.15, -0.1) is 11.3 Å². The molecule has 0 saturated carbocycles. The standard InChI is InChI=1S/C27H33F2NO4S/c1-18(20-8-5-4-6-9-20)16-19(2)23(31)13-11-21-17-27(28,29)26(33)30(21)15-7-10-22-12-14-24(35-22)25(32)34-3/h4-6,8-9,11-14,18-19,21,23,31H,7,10,15-17H2,1-3H3/b13-11+/t18?,19-,21+,23-/m1/s1. The van der Waals surface area contributed by atoms with E-state index in [0.29, 0.717) is 17.7 Å². The molecule has 1 unspecified atom stereocenters. The van der Waals surface area contributed by atoms with Gasteiger partial charge in [0.2, 0.25) is 0 Å². The van der Waals surface area contributed by atoms with Crippen LogP contribution in [0.1, 0.15) is 59.1 Å². The maximum absolute atomic E-state index is 14.2. The van der Waals surface area contributed by atoms with Crippen LogP contribution in [0.3, 0.4) is 0 Å². The van der Waals surface area contributed by atoms with Gasteiger partial charge in [0.05, 0.1) is 19.3 Å². The molecule has 35 heavy (non-hydrogen) atoms. The lowest BCUT2D eigenvalue weighted by Crippen LogP contribution is -2.37. The van der Waals surface area contributed by atoms with Crippen molar-refractivity contribution >= 4 is 23.2 Å². The molecule has 0 spiro atoms. The van der Waals surface area contributed by atoms with Crippen LogP contribution < -0.4 is 0 Å². The summed E-state index contributed by atoms with van der Waals surface area (Å²) in [5, 5.41) is 10.6. The molecule has 1 amide bonds. The van der Waals surface area contributed by atoms with E-state index in [1.165, 1.54) is 28.9 Å². The van der Waals surface area contributed by atoms with Crippen molar-refractivity contribution in [3.63, 3.8) is 0 Å². The molecule has 1 aromatic carbocycles. The summed E-state index contributed by atoms with van der Waals surface area (Å²) in [5.41, 5.74) is 1.19. The van der Waals surface area contributed by atoms with Crippen LogP contribution in [0.25, 0.3) is 0 Å². The van der Waals surface area contributed by atoms with Crippen LogP contribution in [0, 0.1) is 5.92 Å². The number of amides is 1. The summed E-state index contributed by atoms with van der Waals surface area (Å²) in [6, 6.07) is 12.7. The number of aliphatic hydroxyl groups excluding tert-OH is 1. The average Bonchev–Trinajstić information content (AvgIpc) is 3.40. The first-order chi connectivity index (χ1) is 16.6. The Hall–Kier alpha value is -2.58. The molecule has 0 aliphatic carbocycles. The van der Waals surface area contributed by atoms with E-state index in [9.17, 15) is 23.5 Å². The van der Waals surface area contributed by atoms with E-state index in [2.05, 4.69) is 19.1 Å². The fourth-order valence-corrected chi connectivity index (χ4v) is 5.42. The summed E-state index contributed by atoms with van der Waals surface area (Å²) < 4.78 is 33.2. The number of carbonyl (C=O) groups is 2. The van der Waals surface area contributed by atoms with E-state index >= 15 is 0 Å². The highest BCUT2D eigenvalue weighted by atomic mass is 32.1. The maximum atomic E-state index is 14.2. The third-order valence-electron chi connectivity index (χ3n) is 6.52. The minimum Gasteiger partial charge on any atom is -0.465 e. The maximum Gasteiger partial charge on any atom is 0.348 e. The minimum atomic E-state index is -3.41. The second-order valence-electron chi connectivity index (χ2n) is 9.24. The van der Waals surface area contributed by atoms with Crippen LogP contribution in [-0.4, -0.2) is 53.6 Å². The Morgan fingerprint density at radius 1 is 1.26 bits per heavy atom. The molecule has 1 N–H and O–H groups in total. The number of methoxy groups -OCH3 is 1. The van der Waals surface area contributed by atoms with Crippen LogP contribution in [0.5, 0.6) is 0 Å². The number of hydrogen-bond donors (Lipinski definition) is 1. The first-order valence-electron chi connectivity index (χ1n) is 11.9. The van der Waals surface area contributed by atoms with Gasteiger partial charge in [0, 0.05) is 17.8 Å². The van der Waals surface area contributed by atoms with Crippen molar-refractivity contribution in [3.8, 4) is 0 Å². The molecule has 1 saturated heterocycles. The molecule has 1 aliphatic heterocycles. The smallest absolute Gasteiger partial charge is 0.348 e. The Balaban J connectivity index is 1.57. The number of halogens is 2. The van der Waals surface area contributed by atoms with Crippen LogP contribution in [0.15, 0.2) is 54.6 Å². The Labute approximate surface area is 209 Å². The van der Waals surface area contributed by atoms with E-state index in [4.69, 9.17) is 4.74 Å². The van der Waals surface area contributed by atoms with E-state index in [0.717, 1.165) is 11.3 Å². The number of benzene rings is 1. The number of aryl methyl sites for hydroxylation is 1. The predicted octanol–water partition coefficient (Wildman–Crippen LogP) is 5.45. The van der Waals surface area contributed by atoms with Gasteiger partial charge in [0.25, 0.3) is 5.91 Å². The number of hydrogen-bond acceptors (Lipinski definition) is 5. The van der Waals surface area contributed by atoms with Gasteiger partial charge < -0.3 is 14.7 Å². The summed E-state index contributed by atoms with van der Waals surface area (Å²) in [6.45, 7) is 4.21. The topological polar surface area (TPSA) is 66.8 Å². The molecule has 2 aromatic rings. The zero-order chi connectivity index (χ0) is 25.6. The Bertz CT molecular complexity index is 1020. The van der Waals surface area contributed by atoms with Crippen molar-refractivity contribution in [3.05, 3.63) is 69.9 Å². The number of nitrogens with zero attached hydrogens (tertiary/aromatic N) is 1. The van der Waals surface area contributed by atoms with Crippen LogP contribution in [0.4, 0.5) is 8.78 Å². The van der Waals surface area contributed by atoms with Gasteiger partial charge in [-0.2, -0.15) is 8.78 Å². The van der Waals surface area contributed by atoms with Crippen molar-refractivity contribution in [1.82, 2.24) is 4.90 Å². The highest BCUT2D eigenvalue weighted by Crippen LogP contribution is 2.35. The minimum absolute atomic E-state index is 0.0737. The first-order valence-corrected chi connectivity index (χ1v) is 12.7. The number of alkyl halides is 2. The van der Waals surface area contributed by atoms with Gasteiger partial charge >= 0.3 is 11.9 Å². The van der Waals surface area contributed by atoms with Gasteiger partial charge in [-0.1, -0.05) is 56.3 Å². The second kappa shape index (κ2) is 11.9. The predicted molar refractivity (Wildman–Crippen MR) is 133 cm³/mol. The lowest BCUT2D eigenvalue weighted by Gasteiger charge is -2.23. The molecule has 1 aromatic heterocycles. The first kappa shape index (κ1) is 27.0. The van der Waals surface area contributed by atoms with Crippen LogP contribution in [0.2, 0.25) is 0 Å². The molecule has 0 radical (unpaired) electrons. The number of carbonyl (C=O) groups excluding carboxylic acids is 2. The average molecular weight is 506 g/mol. The number of esters is 1. The number of ether oxygens (including phenoxy) is 1. The van der Waals surface area contributed by atoms with Crippen molar-refractivity contribution in [2.45, 2.75) is 63.5 Å². The normalized spacial score (nSPS) is 20.2. The molecule has 190 valence electrons. The summed E-state index contributed by atoms with van der Waals surface area (Å²) >= 11 is 1.30. The SMILES string of the molecule is COC(=O)c1ccc(CCCN2C(=O)C(F)(F)C[C@@H]2/C=C/[C@@H](O)[C@H](C)CC(C)c2ccccc2)s1. The van der Waals surface area contributed by atoms with Gasteiger partial charge in [0.1, 0.15) is 4.88 Å². The third kappa shape index (κ3) is 6.98. The van der Waals surface area contributed by atoms with E-state index in [1.807, 2.05) is 31.2 Å². The van der Waals surface area contributed by atoms with Crippen molar-refractivity contribution in [1.29, 1.82) is 0 Å². The van der Waals surface area contributed by atoms with Crippen molar-refractivity contribution < 1.29 is 28.2 Å². The number of likely N-dealkylation sites (tertiary alicyclic amines) is 1. The Kier molecular flexibility index (Phi) is 9.19. The molecule has 3 rings (SSSR count). The summed E-state index contributed by atoms with van der Waals surface area (Å²) in [5.74, 6) is -4.81. The molecule has 1 aliphatic rings. The molecule has 8 heteroatoms. The molecular weight excluding hydrogens is 472 g/mol. The third-order valence-corrected chi connectivity index (χ3v) is 7.64. The molecule has 5 nitrogen and oxygen atoms in total. The van der Waals surface area contributed by atoms with Crippen molar-refractivity contribution in [2.75, 3.05) is 13.7 Å². The fourth-order valence-electron chi connectivity index (χ4n) is 4.45. The Morgan fingerprint density at radius 3 is 2.66 bits per heavy atom. The zero-order valence-corrected chi connectivity index (χ0v) is 21.1. The Morgan fingerprint density at radius 2 is 1.97 bits per heavy atom. The van der Waals surface area contributed by atoms with E-state index < -0.39 is 36.4 Å². The number of aliphatic hydroxyl groups is 1. The lowest BCUT2D eigenvalue weighted by molar-refractivity contribution is -0.148. The number of rotatable bonds is 11. The highest BCUT2D eigenvalue weighted by Gasteiger charge is 2.52. The largest absolute Gasteiger partial charge is 0.465 e. The lowest BCUT2D eigenvalue weighted by atomic mass is 9.88. The van der Waals surface area contributed by atoms with Gasteiger partial charge in [-0.25, -0.2) is 4.79 Å². The fraction of sp³-hybridized carbons (Fsp3) is 0.481.